The molecule has 0 amide bonds. The molecule has 0 unspecified atom stereocenters. The van der Waals surface area contributed by atoms with Gasteiger partial charge in [-0.25, -0.2) is 0 Å². The minimum absolute atomic E-state index is 0.490. The zero-order valence-corrected chi connectivity index (χ0v) is 11.3. The number of fused-ring (bicyclic) bond motifs is 2. The summed E-state index contributed by atoms with van der Waals surface area (Å²) in [5.41, 5.74) is 3.01. The fraction of sp³-hybridized carbons (Fsp3) is 0.188. The predicted octanol–water partition coefficient (Wildman–Crippen LogP) is 5.44. The van der Waals surface area contributed by atoms with Crippen molar-refractivity contribution in [3.05, 3.63) is 52.5 Å². The van der Waals surface area contributed by atoms with E-state index in [4.69, 9.17) is 16.6 Å². The Morgan fingerprint density at radius 2 is 1.67 bits per heavy atom. The molecular weight excluding hydrogens is 240 g/mol. The molecule has 2 heteroatoms. The van der Waals surface area contributed by atoms with Gasteiger partial charge in [0.25, 0.3) is 0 Å². The zero-order valence-electron chi connectivity index (χ0n) is 10.4. The van der Waals surface area contributed by atoms with Crippen LogP contribution in [0.5, 0.6) is 0 Å². The third-order valence-corrected chi connectivity index (χ3v) is 3.71. The fourth-order valence-electron chi connectivity index (χ4n) is 2.18. The van der Waals surface area contributed by atoms with E-state index in [1.165, 1.54) is 5.56 Å². The second-order valence-electron chi connectivity index (χ2n) is 4.84. The van der Waals surface area contributed by atoms with Gasteiger partial charge in [0.2, 0.25) is 0 Å². The summed E-state index contributed by atoms with van der Waals surface area (Å²) in [6.07, 6.45) is 0. The maximum Gasteiger partial charge on any atom is 0.136 e. The standard InChI is InChI=1S/C16H14OS/c1-10(2)11-7-8-13-15(9-11)17-14-6-4-3-5-12(14)16(13)18/h3-10H,1-2H3. The maximum absolute atomic E-state index is 5.95. The summed E-state index contributed by atoms with van der Waals surface area (Å²) in [4.78, 5) is 0. The first-order chi connectivity index (χ1) is 8.66. The summed E-state index contributed by atoms with van der Waals surface area (Å²) < 4.78 is 6.83. The largest absolute Gasteiger partial charge is 0.456 e. The summed E-state index contributed by atoms with van der Waals surface area (Å²) in [6, 6.07) is 14.2. The highest BCUT2D eigenvalue weighted by Crippen LogP contribution is 2.27. The Hall–Kier alpha value is -1.67. The van der Waals surface area contributed by atoms with Gasteiger partial charge in [0, 0.05) is 10.8 Å². The molecule has 0 spiro atoms. The molecule has 1 heterocycles. The lowest BCUT2D eigenvalue weighted by molar-refractivity contribution is 0.658. The minimum Gasteiger partial charge on any atom is -0.456 e. The molecule has 0 bridgehead atoms. The fourth-order valence-corrected chi connectivity index (χ4v) is 2.51. The van der Waals surface area contributed by atoms with Crippen LogP contribution >= 0.6 is 12.2 Å². The van der Waals surface area contributed by atoms with E-state index in [9.17, 15) is 0 Å². The van der Waals surface area contributed by atoms with Crippen molar-refractivity contribution >= 4 is 34.2 Å². The third-order valence-electron chi connectivity index (χ3n) is 3.27. The van der Waals surface area contributed by atoms with Gasteiger partial charge in [0.1, 0.15) is 11.2 Å². The SMILES string of the molecule is CC(C)c1ccc2c(=S)c3ccccc3oc2c1. The van der Waals surface area contributed by atoms with Crippen LogP contribution in [0.1, 0.15) is 25.3 Å². The van der Waals surface area contributed by atoms with E-state index in [2.05, 4.69) is 32.0 Å². The van der Waals surface area contributed by atoms with Crippen molar-refractivity contribution in [2.24, 2.45) is 0 Å². The first-order valence-electron chi connectivity index (χ1n) is 6.12. The summed E-state index contributed by atoms with van der Waals surface area (Å²) >= 11 is 5.54. The van der Waals surface area contributed by atoms with Crippen LogP contribution in [0.3, 0.4) is 0 Å². The second-order valence-corrected chi connectivity index (χ2v) is 5.25. The lowest BCUT2D eigenvalue weighted by atomic mass is 10.0. The molecule has 1 nitrogen and oxygen atoms in total. The average molecular weight is 254 g/mol. The Kier molecular flexibility index (Phi) is 2.67. The topological polar surface area (TPSA) is 13.1 Å². The lowest BCUT2D eigenvalue weighted by Gasteiger charge is -2.07. The average Bonchev–Trinajstić information content (AvgIpc) is 2.38. The highest BCUT2D eigenvalue weighted by molar-refractivity contribution is 7.72. The molecule has 0 fully saturated rings. The van der Waals surface area contributed by atoms with E-state index < -0.39 is 0 Å². The van der Waals surface area contributed by atoms with E-state index >= 15 is 0 Å². The van der Waals surface area contributed by atoms with E-state index in [-0.39, 0.29) is 0 Å². The van der Waals surface area contributed by atoms with Gasteiger partial charge < -0.3 is 4.42 Å². The summed E-state index contributed by atoms with van der Waals surface area (Å²) in [6.45, 7) is 4.35. The quantitative estimate of drug-likeness (QED) is 0.424. The number of hydrogen-bond donors (Lipinski definition) is 0. The van der Waals surface area contributed by atoms with Crippen LogP contribution in [0.2, 0.25) is 0 Å². The van der Waals surface area contributed by atoms with E-state index in [0.29, 0.717) is 5.92 Å². The van der Waals surface area contributed by atoms with Crippen LogP contribution in [-0.2, 0) is 0 Å². The van der Waals surface area contributed by atoms with Crippen molar-refractivity contribution in [1.82, 2.24) is 0 Å². The molecule has 3 rings (SSSR count). The molecule has 0 saturated carbocycles. The Morgan fingerprint density at radius 3 is 2.44 bits per heavy atom. The molecule has 0 atom stereocenters. The van der Waals surface area contributed by atoms with Crippen LogP contribution in [0.25, 0.3) is 21.9 Å². The first-order valence-corrected chi connectivity index (χ1v) is 6.53. The molecule has 0 saturated heterocycles. The molecule has 0 radical (unpaired) electrons. The number of hydrogen-bond acceptors (Lipinski definition) is 2. The first kappa shape index (κ1) is 11.4. The Labute approximate surface area is 111 Å². The molecule has 0 aliphatic carbocycles. The van der Waals surface area contributed by atoms with Gasteiger partial charge in [-0.3, -0.25) is 0 Å². The predicted molar refractivity (Wildman–Crippen MR) is 78.6 cm³/mol. The number of benzene rings is 2. The highest BCUT2D eigenvalue weighted by Gasteiger charge is 2.06. The van der Waals surface area contributed by atoms with Crippen LogP contribution < -0.4 is 0 Å². The summed E-state index contributed by atoms with van der Waals surface area (Å²) in [7, 11) is 0. The van der Waals surface area contributed by atoms with E-state index in [1.54, 1.807) is 0 Å². The smallest absolute Gasteiger partial charge is 0.136 e. The van der Waals surface area contributed by atoms with Crippen molar-refractivity contribution in [2.45, 2.75) is 19.8 Å². The molecule has 90 valence electrons. The van der Waals surface area contributed by atoms with Gasteiger partial charge in [-0.1, -0.05) is 44.3 Å². The van der Waals surface area contributed by atoms with Crippen LogP contribution in [-0.4, -0.2) is 0 Å². The van der Waals surface area contributed by atoms with Crippen LogP contribution in [0.4, 0.5) is 0 Å². The van der Waals surface area contributed by atoms with Gasteiger partial charge in [-0.15, -0.1) is 0 Å². The van der Waals surface area contributed by atoms with Crippen molar-refractivity contribution < 1.29 is 4.42 Å². The number of para-hydroxylation sites is 1. The van der Waals surface area contributed by atoms with Gasteiger partial charge in [-0.2, -0.15) is 0 Å². The zero-order chi connectivity index (χ0) is 12.7. The van der Waals surface area contributed by atoms with E-state index in [1.807, 2.05) is 24.3 Å². The molecule has 0 aliphatic rings. The molecule has 0 N–H and O–H groups in total. The normalized spacial score (nSPS) is 11.5. The van der Waals surface area contributed by atoms with Crippen molar-refractivity contribution in [2.75, 3.05) is 0 Å². The summed E-state index contributed by atoms with van der Waals surface area (Å²) in [5, 5.41) is 2.03. The van der Waals surface area contributed by atoms with Gasteiger partial charge in [0.05, 0.1) is 4.51 Å². The van der Waals surface area contributed by atoms with Gasteiger partial charge in [0.15, 0.2) is 0 Å². The van der Waals surface area contributed by atoms with Crippen LogP contribution in [0, 0.1) is 4.51 Å². The monoisotopic (exact) mass is 254 g/mol. The Morgan fingerprint density at radius 1 is 0.944 bits per heavy atom. The number of rotatable bonds is 1. The minimum atomic E-state index is 0.490. The van der Waals surface area contributed by atoms with E-state index in [0.717, 1.165) is 26.4 Å². The molecule has 0 aliphatic heterocycles. The second kappa shape index (κ2) is 4.21. The molecule has 1 aromatic heterocycles. The van der Waals surface area contributed by atoms with Gasteiger partial charge in [-0.05, 0) is 35.7 Å². The molecular formula is C16H14OS. The molecule has 3 aromatic rings. The Balaban J connectivity index is 2.44. The molecule has 18 heavy (non-hydrogen) atoms. The van der Waals surface area contributed by atoms with Crippen LogP contribution in [0.15, 0.2) is 46.9 Å². The maximum atomic E-state index is 5.95. The Bertz CT molecular complexity index is 784. The lowest BCUT2D eigenvalue weighted by Crippen LogP contribution is -1.87. The summed E-state index contributed by atoms with van der Waals surface area (Å²) in [5.74, 6) is 0.490. The highest BCUT2D eigenvalue weighted by atomic mass is 32.1. The molecule has 2 aromatic carbocycles. The third kappa shape index (κ3) is 1.73. The van der Waals surface area contributed by atoms with Gasteiger partial charge >= 0.3 is 0 Å². The van der Waals surface area contributed by atoms with Crippen molar-refractivity contribution in [1.29, 1.82) is 0 Å². The van der Waals surface area contributed by atoms with Crippen molar-refractivity contribution in [3.63, 3.8) is 0 Å². The van der Waals surface area contributed by atoms with Crippen molar-refractivity contribution in [3.8, 4) is 0 Å².